The Morgan fingerprint density at radius 3 is 2.75 bits per heavy atom. The van der Waals surface area contributed by atoms with Crippen molar-refractivity contribution in [2.24, 2.45) is 0 Å². The van der Waals surface area contributed by atoms with Gasteiger partial charge in [0.05, 0.1) is 16.4 Å². The zero-order valence-electron chi connectivity index (χ0n) is 13.1. The molecule has 0 radical (unpaired) electrons. The number of hydrogen-bond donors (Lipinski definition) is 1. The SMILES string of the molecule is Oc1cccc2c1N(Cc1ccc(Sc3ccccc3)s1)C=CC2. The van der Waals surface area contributed by atoms with E-state index in [1.807, 2.05) is 23.5 Å². The zero-order chi connectivity index (χ0) is 16.4. The number of phenols is 1. The van der Waals surface area contributed by atoms with E-state index in [1.165, 1.54) is 19.5 Å². The molecule has 0 amide bonds. The van der Waals surface area contributed by atoms with Crippen LogP contribution in [0.2, 0.25) is 0 Å². The Bertz CT molecular complexity index is 870. The van der Waals surface area contributed by atoms with Crippen LogP contribution < -0.4 is 4.90 Å². The molecule has 2 nitrogen and oxygen atoms in total. The highest BCUT2D eigenvalue weighted by molar-refractivity contribution is 8.01. The van der Waals surface area contributed by atoms with Gasteiger partial charge >= 0.3 is 0 Å². The molecule has 1 N–H and O–H groups in total. The van der Waals surface area contributed by atoms with Gasteiger partial charge in [-0.05, 0) is 42.3 Å². The highest BCUT2D eigenvalue weighted by atomic mass is 32.2. The minimum absolute atomic E-state index is 0.354. The molecular formula is C20H17NOS2. The van der Waals surface area contributed by atoms with Crippen LogP contribution in [0, 0.1) is 0 Å². The molecule has 2 aromatic carbocycles. The molecule has 4 rings (SSSR count). The number of thiophene rings is 1. The van der Waals surface area contributed by atoms with Crippen LogP contribution in [0.3, 0.4) is 0 Å². The number of hydrogen-bond acceptors (Lipinski definition) is 4. The summed E-state index contributed by atoms with van der Waals surface area (Å²) in [6.45, 7) is 0.779. The van der Waals surface area contributed by atoms with Crippen LogP contribution in [0.1, 0.15) is 10.4 Å². The number of rotatable bonds is 4. The lowest BCUT2D eigenvalue weighted by molar-refractivity contribution is 0.474. The number of nitrogens with zero attached hydrogens (tertiary/aromatic N) is 1. The Morgan fingerprint density at radius 2 is 1.88 bits per heavy atom. The van der Waals surface area contributed by atoms with Gasteiger partial charge in [0, 0.05) is 16.0 Å². The summed E-state index contributed by atoms with van der Waals surface area (Å²) in [6.07, 6.45) is 5.10. The van der Waals surface area contributed by atoms with Crippen LogP contribution in [0.15, 0.2) is 82.0 Å². The first-order valence-electron chi connectivity index (χ1n) is 7.85. The fourth-order valence-electron chi connectivity index (χ4n) is 2.86. The minimum atomic E-state index is 0.354. The van der Waals surface area contributed by atoms with Crippen LogP contribution in [-0.4, -0.2) is 5.11 Å². The first-order valence-corrected chi connectivity index (χ1v) is 9.49. The molecule has 0 saturated heterocycles. The number of benzene rings is 2. The minimum Gasteiger partial charge on any atom is -0.506 e. The lowest BCUT2D eigenvalue weighted by Crippen LogP contribution is -2.19. The Kier molecular flexibility index (Phi) is 4.32. The number of aromatic hydroxyl groups is 1. The third-order valence-electron chi connectivity index (χ3n) is 3.93. The molecule has 1 aliphatic rings. The van der Waals surface area contributed by atoms with E-state index in [4.69, 9.17) is 0 Å². The van der Waals surface area contributed by atoms with E-state index >= 15 is 0 Å². The van der Waals surface area contributed by atoms with Gasteiger partial charge < -0.3 is 10.0 Å². The summed E-state index contributed by atoms with van der Waals surface area (Å²) in [7, 11) is 0. The second kappa shape index (κ2) is 6.75. The molecule has 2 heterocycles. The fraction of sp³-hybridized carbons (Fsp3) is 0.100. The Morgan fingerprint density at radius 1 is 1.00 bits per heavy atom. The number of anilines is 1. The molecule has 24 heavy (non-hydrogen) atoms. The van der Waals surface area contributed by atoms with Crippen molar-refractivity contribution in [2.75, 3.05) is 4.90 Å². The van der Waals surface area contributed by atoms with Crippen LogP contribution >= 0.6 is 23.1 Å². The van der Waals surface area contributed by atoms with Crippen molar-refractivity contribution in [3.63, 3.8) is 0 Å². The number of allylic oxidation sites excluding steroid dienone is 1. The maximum absolute atomic E-state index is 10.2. The smallest absolute Gasteiger partial charge is 0.139 e. The normalized spacial score (nSPS) is 13.1. The van der Waals surface area contributed by atoms with E-state index in [1.54, 1.807) is 17.8 Å². The molecule has 0 fully saturated rings. The van der Waals surface area contributed by atoms with Gasteiger partial charge in [0.25, 0.3) is 0 Å². The van der Waals surface area contributed by atoms with Gasteiger partial charge in [-0.2, -0.15) is 0 Å². The Hall–Kier alpha value is -2.17. The Balaban J connectivity index is 1.53. The zero-order valence-corrected chi connectivity index (χ0v) is 14.7. The molecule has 3 aromatic rings. The average Bonchev–Trinajstić information content (AvgIpc) is 3.03. The summed E-state index contributed by atoms with van der Waals surface area (Å²) in [5.74, 6) is 0.354. The summed E-state index contributed by atoms with van der Waals surface area (Å²) in [5.41, 5.74) is 2.11. The maximum atomic E-state index is 10.2. The quantitative estimate of drug-likeness (QED) is 0.654. The maximum Gasteiger partial charge on any atom is 0.139 e. The molecule has 120 valence electrons. The van der Waals surface area contributed by atoms with E-state index in [-0.39, 0.29) is 0 Å². The summed E-state index contributed by atoms with van der Waals surface area (Å²) >= 11 is 3.60. The molecule has 0 spiro atoms. The van der Waals surface area contributed by atoms with Crippen molar-refractivity contribution in [2.45, 2.75) is 22.1 Å². The molecule has 0 aliphatic carbocycles. The lowest BCUT2D eigenvalue weighted by Gasteiger charge is -2.26. The topological polar surface area (TPSA) is 23.5 Å². The monoisotopic (exact) mass is 351 g/mol. The number of para-hydroxylation sites is 1. The molecule has 0 unspecified atom stereocenters. The van der Waals surface area contributed by atoms with E-state index in [0.717, 1.165) is 18.7 Å². The van der Waals surface area contributed by atoms with E-state index in [0.29, 0.717) is 5.75 Å². The van der Waals surface area contributed by atoms with E-state index < -0.39 is 0 Å². The Labute approximate surface area is 150 Å². The van der Waals surface area contributed by atoms with Crippen LogP contribution in [0.5, 0.6) is 5.75 Å². The average molecular weight is 351 g/mol. The van der Waals surface area contributed by atoms with Gasteiger partial charge in [0.1, 0.15) is 5.75 Å². The predicted octanol–water partition coefficient (Wildman–Crippen LogP) is 5.68. The third kappa shape index (κ3) is 3.21. The summed E-state index contributed by atoms with van der Waals surface area (Å²) in [5, 5.41) is 10.2. The standard InChI is InChI=1S/C20H17NOS2/c22-18-10-4-6-15-7-5-13-21(20(15)18)14-17-11-12-19(24-17)23-16-8-2-1-3-9-16/h1-6,8-13,22H,7,14H2. The molecule has 0 saturated carbocycles. The number of fused-ring (bicyclic) bond motifs is 1. The van der Waals surface area contributed by atoms with Crippen LogP contribution in [0.25, 0.3) is 0 Å². The highest BCUT2D eigenvalue weighted by Crippen LogP contribution is 2.38. The summed E-state index contributed by atoms with van der Waals surface area (Å²) in [4.78, 5) is 4.68. The van der Waals surface area contributed by atoms with Gasteiger partial charge in [-0.1, -0.05) is 48.2 Å². The first-order chi connectivity index (χ1) is 11.8. The highest BCUT2D eigenvalue weighted by Gasteiger charge is 2.17. The van der Waals surface area contributed by atoms with Gasteiger partial charge in [-0.15, -0.1) is 11.3 Å². The molecule has 1 aromatic heterocycles. The van der Waals surface area contributed by atoms with Gasteiger partial charge in [-0.3, -0.25) is 0 Å². The molecule has 0 bridgehead atoms. The van der Waals surface area contributed by atoms with E-state index in [9.17, 15) is 5.11 Å². The fourth-order valence-corrected chi connectivity index (χ4v) is 5.03. The van der Waals surface area contributed by atoms with Gasteiger partial charge in [0.2, 0.25) is 0 Å². The van der Waals surface area contributed by atoms with Crippen molar-refractivity contribution >= 4 is 28.8 Å². The van der Waals surface area contributed by atoms with Crippen LogP contribution in [0.4, 0.5) is 5.69 Å². The second-order valence-electron chi connectivity index (χ2n) is 5.64. The van der Waals surface area contributed by atoms with Crippen molar-refractivity contribution in [1.29, 1.82) is 0 Å². The van der Waals surface area contributed by atoms with E-state index in [2.05, 4.69) is 59.6 Å². The van der Waals surface area contributed by atoms with Crippen molar-refractivity contribution in [1.82, 2.24) is 0 Å². The van der Waals surface area contributed by atoms with Crippen molar-refractivity contribution < 1.29 is 5.11 Å². The van der Waals surface area contributed by atoms with Crippen molar-refractivity contribution in [3.8, 4) is 5.75 Å². The van der Waals surface area contributed by atoms with Gasteiger partial charge in [0.15, 0.2) is 0 Å². The van der Waals surface area contributed by atoms with Crippen molar-refractivity contribution in [3.05, 3.63) is 83.4 Å². The second-order valence-corrected chi connectivity index (χ2v) is 8.18. The number of phenolic OH excluding ortho intramolecular Hbond substituents is 1. The largest absolute Gasteiger partial charge is 0.506 e. The molecule has 4 heteroatoms. The summed E-state index contributed by atoms with van der Waals surface area (Å²) in [6, 6.07) is 20.5. The third-order valence-corrected chi connectivity index (χ3v) is 6.14. The lowest BCUT2D eigenvalue weighted by atomic mass is 10.0. The molecule has 0 atom stereocenters. The summed E-state index contributed by atoms with van der Waals surface area (Å²) < 4.78 is 1.29. The van der Waals surface area contributed by atoms with Gasteiger partial charge in [-0.25, -0.2) is 0 Å². The predicted molar refractivity (Wildman–Crippen MR) is 102 cm³/mol. The first kappa shape index (κ1) is 15.4. The van der Waals surface area contributed by atoms with Crippen LogP contribution in [-0.2, 0) is 13.0 Å². The molecular weight excluding hydrogens is 334 g/mol. The molecule has 1 aliphatic heterocycles.